The fraction of sp³-hybridized carbons (Fsp3) is 0.200. The van der Waals surface area contributed by atoms with Crippen LogP contribution in [0.4, 0.5) is 5.69 Å². The Bertz CT molecular complexity index is 482. The molecule has 0 unspecified atom stereocenters. The molecule has 0 amide bonds. The van der Waals surface area contributed by atoms with Crippen molar-refractivity contribution in [1.82, 2.24) is 0 Å². The molecule has 0 spiro atoms. The molecule has 0 fully saturated rings. The van der Waals surface area contributed by atoms with Crippen LogP contribution in [0.3, 0.4) is 0 Å². The number of nitro benzene ring substituents is 1. The van der Waals surface area contributed by atoms with E-state index in [0.717, 1.165) is 6.92 Å². The second kappa shape index (κ2) is 5.06. The quantitative estimate of drug-likeness (QED) is 0.258. The number of hydrogen-bond acceptors (Lipinski definition) is 6. The molecule has 0 aliphatic rings. The van der Waals surface area contributed by atoms with Gasteiger partial charge in [-0.15, -0.1) is 0 Å². The van der Waals surface area contributed by atoms with E-state index in [-0.39, 0.29) is 17.1 Å². The van der Waals surface area contributed by atoms with Gasteiger partial charge in [-0.2, -0.15) is 0 Å². The number of hydrogen-bond donors (Lipinski definition) is 0. The minimum absolute atomic E-state index is 0.0116. The van der Waals surface area contributed by atoms with Crippen molar-refractivity contribution in [2.45, 2.75) is 6.92 Å². The van der Waals surface area contributed by atoms with Crippen LogP contribution < -0.4 is 9.47 Å². The number of benzene rings is 1. The standard InChI is InChI=1S/C10H9NO6/c1-6(13)17-10-8(16-2)4-3-7(5-12)9(10)11(14)15/h3-5H,1-2H3. The summed E-state index contributed by atoms with van der Waals surface area (Å²) in [7, 11) is 1.27. The molecule has 1 rings (SSSR count). The van der Waals surface area contributed by atoms with E-state index in [0.29, 0.717) is 6.29 Å². The van der Waals surface area contributed by atoms with Crippen LogP contribution in [0.15, 0.2) is 12.1 Å². The molecule has 0 saturated heterocycles. The van der Waals surface area contributed by atoms with Crippen LogP contribution in [-0.4, -0.2) is 24.3 Å². The van der Waals surface area contributed by atoms with Gasteiger partial charge in [0.2, 0.25) is 0 Å². The van der Waals surface area contributed by atoms with Gasteiger partial charge in [-0.25, -0.2) is 0 Å². The largest absolute Gasteiger partial charge is 0.493 e. The minimum atomic E-state index is -0.801. The van der Waals surface area contributed by atoms with Gasteiger partial charge in [-0.3, -0.25) is 19.7 Å². The molecule has 1 aromatic carbocycles. The van der Waals surface area contributed by atoms with Crippen molar-refractivity contribution in [2.75, 3.05) is 7.11 Å². The SMILES string of the molecule is COc1ccc(C=O)c([N+](=O)[O-])c1OC(C)=O. The molecule has 0 radical (unpaired) electrons. The summed E-state index contributed by atoms with van der Waals surface area (Å²) in [4.78, 5) is 31.6. The van der Waals surface area contributed by atoms with Gasteiger partial charge >= 0.3 is 11.7 Å². The second-order valence-corrected chi connectivity index (χ2v) is 3.00. The number of ether oxygens (including phenoxy) is 2. The molecule has 0 aromatic heterocycles. The van der Waals surface area contributed by atoms with Gasteiger partial charge in [0.25, 0.3) is 5.75 Å². The molecule has 0 aliphatic carbocycles. The average molecular weight is 239 g/mol. The van der Waals surface area contributed by atoms with Gasteiger partial charge in [-0.05, 0) is 12.1 Å². The van der Waals surface area contributed by atoms with Crippen LogP contribution in [-0.2, 0) is 4.79 Å². The van der Waals surface area contributed by atoms with Crippen molar-refractivity contribution < 1.29 is 24.0 Å². The van der Waals surface area contributed by atoms with E-state index in [4.69, 9.17) is 9.47 Å². The van der Waals surface area contributed by atoms with Crippen molar-refractivity contribution in [3.8, 4) is 11.5 Å². The summed E-state index contributed by atoms with van der Waals surface area (Å²) in [5.41, 5.74) is -0.776. The van der Waals surface area contributed by atoms with Crippen LogP contribution in [0.5, 0.6) is 11.5 Å². The Labute approximate surface area is 96.1 Å². The first-order chi connectivity index (χ1) is 8.01. The van der Waals surface area contributed by atoms with Crippen LogP contribution >= 0.6 is 0 Å². The highest BCUT2D eigenvalue weighted by atomic mass is 16.6. The molecule has 7 nitrogen and oxygen atoms in total. The summed E-state index contributed by atoms with van der Waals surface area (Å²) in [5, 5.41) is 10.9. The first kappa shape index (κ1) is 12.6. The summed E-state index contributed by atoms with van der Waals surface area (Å²) in [6, 6.07) is 2.53. The molecule has 90 valence electrons. The van der Waals surface area contributed by atoms with Gasteiger partial charge in [0, 0.05) is 6.92 Å². The first-order valence-electron chi connectivity index (χ1n) is 4.50. The highest BCUT2D eigenvalue weighted by Gasteiger charge is 2.26. The smallest absolute Gasteiger partial charge is 0.326 e. The van der Waals surface area contributed by atoms with Crippen LogP contribution in [0, 0.1) is 10.1 Å². The predicted octanol–water partition coefficient (Wildman–Crippen LogP) is 1.34. The molecule has 0 N–H and O–H groups in total. The number of methoxy groups -OCH3 is 1. The third-order valence-corrected chi connectivity index (χ3v) is 1.90. The van der Waals surface area contributed by atoms with Crippen molar-refractivity contribution in [1.29, 1.82) is 0 Å². The van der Waals surface area contributed by atoms with Gasteiger partial charge in [0.15, 0.2) is 12.0 Å². The van der Waals surface area contributed by atoms with Gasteiger partial charge in [-0.1, -0.05) is 0 Å². The van der Waals surface area contributed by atoms with Crippen molar-refractivity contribution >= 4 is 17.9 Å². The molecule has 17 heavy (non-hydrogen) atoms. The maximum atomic E-state index is 10.9. The Morgan fingerprint density at radius 1 is 1.47 bits per heavy atom. The van der Waals surface area contributed by atoms with Crippen molar-refractivity contribution in [3.05, 3.63) is 27.8 Å². The van der Waals surface area contributed by atoms with E-state index in [1.165, 1.54) is 19.2 Å². The summed E-state index contributed by atoms with van der Waals surface area (Å²) in [6.45, 7) is 1.09. The molecule has 0 atom stereocenters. The van der Waals surface area contributed by atoms with Crippen LogP contribution in [0.25, 0.3) is 0 Å². The molecule has 0 saturated carbocycles. The van der Waals surface area contributed by atoms with E-state index < -0.39 is 16.6 Å². The Morgan fingerprint density at radius 2 is 2.12 bits per heavy atom. The lowest BCUT2D eigenvalue weighted by Crippen LogP contribution is -2.07. The number of rotatable bonds is 4. The number of carbonyl (C=O) groups is 2. The Kier molecular flexibility index (Phi) is 3.76. The van der Waals surface area contributed by atoms with E-state index in [1.807, 2.05) is 0 Å². The van der Waals surface area contributed by atoms with Gasteiger partial charge in [0.1, 0.15) is 0 Å². The maximum absolute atomic E-state index is 10.9. The Balaban J connectivity index is 3.51. The highest BCUT2D eigenvalue weighted by molar-refractivity contribution is 5.86. The average Bonchev–Trinajstić information content (AvgIpc) is 2.27. The fourth-order valence-electron chi connectivity index (χ4n) is 1.25. The van der Waals surface area contributed by atoms with Gasteiger partial charge in [0.05, 0.1) is 17.6 Å². The minimum Gasteiger partial charge on any atom is -0.493 e. The third kappa shape index (κ3) is 2.57. The van der Waals surface area contributed by atoms with E-state index in [1.54, 1.807) is 0 Å². The summed E-state index contributed by atoms with van der Waals surface area (Å²) in [5.74, 6) is -1.10. The molecule has 7 heteroatoms. The zero-order chi connectivity index (χ0) is 13.0. The number of nitrogens with zero attached hydrogens (tertiary/aromatic N) is 1. The van der Waals surface area contributed by atoms with Crippen molar-refractivity contribution in [2.24, 2.45) is 0 Å². The number of aldehydes is 1. The molecule has 0 aliphatic heterocycles. The lowest BCUT2D eigenvalue weighted by molar-refractivity contribution is -0.385. The van der Waals surface area contributed by atoms with E-state index >= 15 is 0 Å². The Hall–Kier alpha value is -2.44. The summed E-state index contributed by atoms with van der Waals surface area (Å²) < 4.78 is 9.55. The highest BCUT2D eigenvalue weighted by Crippen LogP contribution is 2.39. The van der Waals surface area contributed by atoms with Crippen LogP contribution in [0.2, 0.25) is 0 Å². The second-order valence-electron chi connectivity index (χ2n) is 3.00. The summed E-state index contributed by atoms with van der Waals surface area (Å²) in [6.07, 6.45) is 0.310. The molecule has 0 heterocycles. The topological polar surface area (TPSA) is 95.7 Å². The normalized spacial score (nSPS) is 9.53. The number of carbonyl (C=O) groups excluding carboxylic acids is 2. The summed E-state index contributed by atoms with van der Waals surface area (Å²) >= 11 is 0. The lowest BCUT2D eigenvalue weighted by Gasteiger charge is -2.08. The Morgan fingerprint density at radius 3 is 2.53 bits per heavy atom. The number of esters is 1. The molecule has 1 aromatic rings. The molecular weight excluding hydrogens is 230 g/mol. The third-order valence-electron chi connectivity index (χ3n) is 1.90. The fourth-order valence-corrected chi connectivity index (χ4v) is 1.25. The first-order valence-corrected chi connectivity index (χ1v) is 4.50. The van der Waals surface area contributed by atoms with Crippen LogP contribution in [0.1, 0.15) is 17.3 Å². The van der Waals surface area contributed by atoms with E-state index in [9.17, 15) is 19.7 Å². The van der Waals surface area contributed by atoms with Crippen molar-refractivity contribution in [3.63, 3.8) is 0 Å². The monoisotopic (exact) mass is 239 g/mol. The molecular formula is C10H9NO6. The lowest BCUT2D eigenvalue weighted by atomic mass is 10.1. The number of nitro groups is 1. The maximum Gasteiger partial charge on any atom is 0.326 e. The molecule has 0 bridgehead atoms. The predicted molar refractivity (Wildman–Crippen MR) is 56.3 cm³/mol. The van der Waals surface area contributed by atoms with Gasteiger partial charge < -0.3 is 9.47 Å². The zero-order valence-corrected chi connectivity index (χ0v) is 9.13. The van der Waals surface area contributed by atoms with E-state index in [2.05, 4.69) is 0 Å². The zero-order valence-electron chi connectivity index (χ0n) is 9.13.